The Morgan fingerprint density at radius 1 is 1.25 bits per heavy atom. The van der Waals surface area contributed by atoms with E-state index in [9.17, 15) is 0 Å². The SMILES string of the molecule is C=CC(N)(Cc1ccccc1)O[Si](CC)(OC)OC.Cl. The molecule has 0 fully saturated rings. The quantitative estimate of drug-likeness (QED) is 0.455. The summed E-state index contributed by atoms with van der Waals surface area (Å²) in [5.74, 6) is 0. The lowest BCUT2D eigenvalue weighted by molar-refractivity contribution is 0.0168. The largest absolute Gasteiger partial charge is 0.501 e. The monoisotopic (exact) mass is 317 g/mol. The van der Waals surface area contributed by atoms with Crippen molar-refractivity contribution >= 4 is 21.2 Å². The van der Waals surface area contributed by atoms with Gasteiger partial charge in [0.25, 0.3) is 0 Å². The van der Waals surface area contributed by atoms with Gasteiger partial charge in [-0.3, -0.25) is 0 Å². The van der Waals surface area contributed by atoms with Crippen molar-refractivity contribution in [1.29, 1.82) is 0 Å². The standard InChI is InChI=1S/C14H23NO3Si.ClH/c1-5-14(15,12-13-10-8-7-9-11-13)18-19(6-2,16-3)17-4;/h5,7-11H,1,6,12,15H2,2-4H3;1H. The van der Waals surface area contributed by atoms with Crippen LogP contribution in [0.3, 0.4) is 0 Å². The van der Waals surface area contributed by atoms with Gasteiger partial charge in [0, 0.05) is 26.7 Å². The summed E-state index contributed by atoms with van der Waals surface area (Å²) < 4.78 is 16.9. The molecule has 1 atom stereocenters. The second-order valence-electron chi connectivity index (χ2n) is 4.37. The Morgan fingerprint density at radius 2 is 1.80 bits per heavy atom. The molecule has 0 aliphatic heterocycles. The van der Waals surface area contributed by atoms with Gasteiger partial charge in [-0.15, -0.1) is 12.4 Å². The Bertz CT molecular complexity index is 392. The van der Waals surface area contributed by atoms with Crippen LogP contribution in [0.2, 0.25) is 6.04 Å². The summed E-state index contributed by atoms with van der Waals surface area (Å²) in [5.41, 5.74) is 6.37. The van der Waals surface area contributed by atoms with Crippen LogP contribution in [0.5, 0.6) is 0 Å². The minimum atomic E-state index is -2.72. The van der Waals surface area contributed by atoms with Crippen LogP contribution in [0.15, 0.2) is 43.0 Å². The molecule has 1 aromatic rings. The van der Waals surface area contributed by atoms with Crippen LogP contribution in [0.1, 0.15) is 12.5 Å². The van der Waals surface area contributed by atoms with Crippen molar-refractivity contribution in [3.63, 3.8) is 0 Å². The summed E-state index contributed by atoms with van der Waals surface area (Å²) in [4.78, 5) is 0. The Labute approximate surface area is 128 Å². The number of nitrogens with two attached hydrogens (primary N) is 1. The number of rotatable bonds is 8. The highest BCUT2D eigenvalue weighted by Crippen LogP contribution is 2.23. The van der Waals surface area contributed by atoms with E-state index in [-0.39, 0.29) is 12.4 Å². The predicted octanol–water partition coefficient (Wildman–Crippen LogP) is 2.76. The van der Waals surface area contributed by atoms with E-state index < -0.39 is 14.5 Å². The van der Waals surface area contributed by atoms with Gasteiger partial charge in [0.05, 0.1) is 0 Å². The van der Waals surface area contributed by atoms with Crippen molar-refractivity contribution in [3.05, 3.63) is 48.6 Å². The van der Waals surface area contributed by atoms with Crippen molar-refractivity contribution in [2.24, 2.45) is 5.73 Å². The molecular formula is C14H24ClNO3Si. The summed E-state index contributed by atoms with van der Waals surface area (Å²) in [6.07, 6.45) is 2.13. The molecule has 4 nitrogen and oxygen atoms in total. The molecule has 20 heavy (non-hydrogen) atoms. The van der Waals surface area contributed by atoms with E-state index in [0.717, 1.165) is 5.56 Å². The first-order valence-corrected chi connectivity index (χ1v) is 8.23. The molecule has 1 rings (SSSR count). The van der Waals surface area contributed by atoms with Gasteiger partial charge in [-0.1, -0.05) is 43.8 Å². The van der Waals surface area contributed by atoms with Crippen molar-refractivity contribution in [3.8, 4) is 0 Å². The van der Waals surface area contributed by atoms with Crippen LogP contribution in [-0.2, 0) is 19.7 Å². The topological polar surface area (TPSA) is 53.7 Å². The minimum Gasteiger partial charge on any atom is -0.377 e. The lowest BCUT2D eigenvalue weighted by atomic mass is 10.0. The average Bonchev–Trinajstić information content (AvgIpc) is 2.46. The Kier molecular flexibility index (Phi) is 8.27. The van der Waals surface area contributed by atoms with E-state index >= 15 is 0 Å². The highest BCUT2D eigenvalue weighted by atomic mass is 35.5. The maximum absolute atomic E-state index is 6.28. The number of hydrogen-bond acceptors (Lipinski definition) is 4. The first-order valence-electron chi connectivity index (χ1n) is 6.30. The van der Waals surface area contributed by atoms with E-state index in [1.807, 2.05) is 37.3 Å². The van der Waals surface area contributed by atoms with Crippen LogP contribution in [0, 0.1) is 0 Å². The molecule has 0 heterocycles. The Balaban J connectivity index is 0.00000361. The molecule has 1 aromatic carbocycles. The van der Waals surface area contributed by atoms with Crippen LogP contribution in [0.4, 0.5) is 0 Å². The molecule has 1 unspecified atom stereocenters. The maximum atomic E-state index is 6.28. The van der Waals surface area contributed by atoms with Crippen molar-refractivity contribution in [1.82, 2.24) is 0 Å². The summed E-state index contributed by atoms with van der Waals surface area (Å²) in [5, 5.41) is 0. The van der Waals surface area contributed by atoms with Gasteiger partial charge >= 0.3 is 8.80 Å². The van der Waals surface area contributed by atoms with E-state index in [1.54, 1.807) is 20.3 Å². The molecule has 6 heteroatoms. The molecule has 2 N–H and O–H groups in total. The molecule has 114 valence electrons. The molecular weight excluding hydrogens is 294 g/mol. The third-order valence-electron chi connectivity index (χ3n) is 3.07. The summed E-state index contributed by atoms with van der Waals surface area (Å²) in [6.45, 7) is 5.74. The van der Waals surface area contributed by atoms with Crippen molar-refractivity contribution in [2.75, 3.05) is 14.2 Å². The minimum absolute atomic E-state index is 0. The highest BCUT2D eigenvalue weighted by Gasteiger charge is 2.43. The number of benzene rings is 1. The fourth-order valence-corrected chi connectivity index (χ4v) is 3.67. The van der Waals surface area contributed by atoms with Crippen LogP contribution in [-0.4, -0.2) is 28.7 Å². The normalized spacial score (nSPS) is 14.2. The summed E-state index contributed by atoms with van der Waals surface area (Å²) >= 11 is 0. The zero-order valence-corrected chi connectivity index (χ0v) is 14.1. The predicted molar refractivity (Wildman–Crippen MR) is 85.8 cm³/mol. The zero-order valence-electron chi connectivity index (χ0n) is 12.3. The van der Waals surface area contributed by atoms with Gasteiger partial charge < -0.3 is 19.0 Å². The van der Waals surface area contributed by atoms with Gasteiger partial charge in [0.2, 0.25) is 0 Å². The van der Waals surface area contributed by atoms with E-state index in [1.165, 1.54) is 0 Å². The summed E-state index contributed by atoms with van der Waals surface area (Å²) in [6, 6.07) is 10.6. The smallest absolute Gasteiger partial charge is 0.377 e. The first kappa shape index (κ1) is 19.3. The van der Waals surface area contributed by atoms with Crippen molar-refractivity contribution in [2.45, 2.75) is 25.1 Å². The zero-order chi connectivity index (χ0) is 14.4. The number of halogens is 1. The second-order valence-corrected chi connectivity index (χ2v) is 7.46. The Hall–Kier alpha value is -0.693. The van der Waals surface area contributed by atoms with Crippen LogP contribution < -0.4 is 5.73 Å². The molecule has 0 aromatic heterocycles. The van der Waals surface area contributed by atoms with Gasteiger partial charge in [-0.2, -0.15) is 0 Å². The third kappa shape index (κ3) is 5.01. The molecule has 0 aliphatic rings. The molecule has 0 amide bonds. The second kappa shape index (κ2) is 8.56. The van der Waals surface area contributed by atoms with Gasteiger partial charge in [-0.05, 0) is 11.6 Å². The molecule has 0 aliphatic carbocycles. The molecule has 0 radical (unpaired) electrons. The fraction of sp³-hybridized carbons (Fsp3) is 0.429. The van der Waals surface area contributed by atoms with Gasteiger partial charge in [-0.25, -0.2) is 0 Å². The molecule has 0 saturated heterocycles. The van der Waals surface area contributed by atoms with Gasteiger partial charge in [0.1, 0.15) is 5.72 Å². The molecule has 0 saturated carbocycles. The highest BCUT2D eigenvalue weighted by molar-refractivity contribution is 6.60. The summed E-state index contributed by atoms with van der Waals surface area (Å²) in [7, 11) is 0.453. The maximum Gasteiger partial charge on any atom is 0.501 e. The van der Waals surface area contributed by atoms with Gasteiger partial charge in [0.15, 0.2) is 0 Å². The lowest BCUT2D eigenvalue weighted by Gasteiger charge is -2.35. The number of hydrogen-bond donors (Lipinski definition) is 1. The van der Waals surface area contributed by atoms with E-state index in [4.69, 9.17) is 19.0 Å². The van der Waals surface area contributed by atoms with E-state index in [2.05, 4.69) is 6.58 Å². The average molecular weight is 318 g/mol. The fourth-order valence-electron chi connectivity index (χ4n) is 1.88. The third-order valence-corrected chi connectivity index (χ3v) is 5.87. The van der Waals surface area contributed by atoms with Crippen LogP contribution in [0.25, 0.3) is 0 Å². The molecule has 0 bridgehead atoms. The van der Waals surface area contributed by atoms with E-state index in [0.29, 0.717) is 12.5 Å². The first-order chi connectivity index (χ1) is 9.03. The lowest BCUT2D eigenvalue weighted by Crippen LogP contribution is -2.56. The molecule has 0 spiro atoms. The Morgan fingerprint density at radius 3 is 2.20 bits per heavy atom. The van der Waals surface area contributed by atoms with Crippen LogP contribution >= 0.6 is 12.4 Å². The van der Waals surface area contributed by atoms with Crippen molar-refractivity contribution < 1.29 is 13.3 Å².